The lowest BCUT2D eigenvalue weighted by molar-refractivity contribution is 0.394. The molecule has 0 saturated carbocycles. The highest BCUT2D eigenvalue weighted by atomic mass is 16.5. The van der Waals surface area contributed by atoms with Crippen LogP contribution in [0.15, 0.2) is 46.2 Å². The first-order chi connectivity index (χ1) is 10.6. The molecule has 3 rings (SSSR count). The number of nitrogens with zero attached hydrogens (tertiary/aromatic N) is 4. The lowest BCUT2D eigenvalue weighted by Crippen LogP contribution is -2.00. The quantitative estimate of drug-likeness (QED) is 0.592. The van der Waals surface area contributed by atoms with Crippen molar-refractivity contribution >= 4 is 12.0 Å². The second-order valence-corrected chi connectivity index (χ2v) is 5.04. The van der Waals surface area contributed by atoms with Crippen LogP contribution >= 0.6 is 0 Å². The van der Waals surface area contributed by atoms with Crippen molar-refractivity contribution in [3.05, 3.63) is 59.2 Å². The summed E-state index contributed by atoms with van der Waals surface area (Å²) in [5, 5.41) is 8.30. The fraction of sp³-hybridized carbons (Fsp3) is 0.188. The standard InChI is InChI=1S/C16H17N5O/c1-11-8-14(10-18-19-15-6-4-5-7-17-15)13(3)21(11)16-9-12(2)22-20-16/h4-10H,1-3H3,(H,17,19)/b18-10-. The maximum Gasteiger partial charge on any atom is 0.180 e. The van der Waals surface area contributed by atoms with Crippen molar-refractivity contribution in [2.45, 2.75) is 20.8 Å². The third-order valence-electron chi connectivity index (χ3n) is 3.36. The zero-order valence-electron chi connectivity index (χ0n) is 12.7. The molecule has 0 aromatic carbocycles. The average molecular weight is 295 g/mol. The third kappa shape index (κ3) is 2.76. The van der Waals surface area contributed by atoms with E-state index < -0.39 is 0 Å². The minimum atomic E-state index is 0.708. The summed E-state index contributed by atoms with van der Waals surface area (Å²) in [4.78, 5) is 4.15. The number of hydrogen-bond donors (Lipinski definition) is 1. The number of aryl methyl sites for hydroxylation is 2. The van der Waals surface area contributed by atoms with E-state index in [4.69, 9.17) is 4.52 Å². The van der Waals surface area contributed by atoms with Crippen LogP contribution in [0.1, 0.15) is 22.7 Å². The van der Waals surface area contributed by atoms with Gasteiger partial charge in [-0.3, -0.25) is 9.99 Å². The van der Waals surface area contributed by atoms with E-state index in [0.717, 1.165) is 28.5 Å². The maximum atomic E-state index is 5.15. The van der Waals surface area contributed by atoms with Crippen LogP contribution in [0.25, 0.3) is 5.82 Å². The summed E-state index contributed by atoms with van der Waals surface area (Å²) < 4.78 is 7.19. The highest BCUT2D eigenvalue weighted by Gasteiger charge is 2.12. The predicted octanol–water partition coefficient (Wildman–Crippen LogP) is 3.23. The van der Waals surface area contributed by atoms with Gasteiger partial charge in [-0.05, 0) is 39.0 Å². The Kier molecular flexibility index (Phi) is 3.74. The molecule has 0 unspecified atom stereocenters. The van der Waals surface area contributed by atoms with Crippen LogP contribution in [0, 0.1) is 20.8 Å². The molecule has 22 heavy (non-hydrogen) atoms. The molecule has 6 nitrogen and oxygen atoms in total. The molecule has 3 aromatic heterocycles. The lowest BCUT2D eigenvalue weighted by Gasteiger charge is -2.03. The summed E-state index contributed by atoms with van der Waals surface area (Å²) in [6.45, 7) is 5.93. The van der Waals surface area contributed by atoms with Gasteiger partial charge in [0.05, 0.1) is 6.21 Å². The molecule has 0 aliphatic rings. The van der Waals surface area contributed by atoms with Gasteiger partial charge in [-0.15, -0.1) is 0 Å². The van der Waals surface area contributed by atoms with Crippen molar-refractivity contribution in [3.63, 3.8) is 0 Å². The van der Waals surface area contributed by atoms with Crippen molar-refractivity contribution in [1.29, 1.82) is 0 Å². The Morgan fingerprint density at radius 2 is 2.09 bits per heavy atom. The minimum absolute atomic E-state index is 0.708. The molecule has 0 radical (unpaired) electrons. The van der Waals surface area contributed by atoms with E-state index in [1.807, 2.05) is 49.6 Å². The summed E-state index contributed by atoms with van der Waals surface area (Å²) >= 11 is 0. The molecule has 0 fully saturated rings. The van der Waals surface area contributed by atoms with Crippen LogP contribution in [0.4, 0.5) is 5.82 Å². The molecule has 0 atom stereocenters. The molecule has 0 bridgehead atoms. The Balaban J connectivity index is 1.83. The second-order valence-electron chi connectivity index (χ2n) is 5.04. The number of hydrazone groups is 1. The van der Waals surface area contributed by atoms with Crippen LogP contribution in [-0.4, -0.2) is 20.9 Å². The van der Waals surface area contributed by atoms with Gasteiger partial charge in [0.15, 0.2) is 5.82 Å². The number of rotatable bonds is 4. The molecule has 3 aromatic rings. The van der Waals surface area contributed by atoms with Gasteiger partial charge in [0.25, 0.3) is 0 Å². The SMILES string of the molecule is Cc1cc(-n2c(C)cc(/C=N\Nc3ccccn3)c2C)no1. The Morgan fingerprint density at radius 1 is 1.23 bits per heavy atom. The smallest absolute Gasteiger partial charge is 0.180 e. The molecular formula is C16H17N5O. The molecule has 0 saturated heterocycles. The van der Waals surface area contributed by atoms with E-state index in [-0.39, 0.29) is 0 Å². The van der Waals surface area contributed by atoms with Gasteiger partial charge in [0, 0.05) is 29.2 Å². The summed E-state index contributed by atoms with van der Waals surface area (Å²) in [6, 6.07) is 9.60. The first-order valence-electron chi connectivity index (χ1n) is 6.98. The molecule has 112 valence electrons. The van der Waals surface area contributed by atoms with Gasteiger partial charge in [-0.25, -0.2) is 4.98 Å². The minimum Gasteiger partial charge on any atom is -0.360 e. The van der Waals surface area contributed by atoms with E-state index in [0.29, 0.717) is 5.82 Å². The van der Waals surface area contributed by atoms with Crippen LogP contribution in [0.3, 0.4) is 0 Å². The molecule has 0 amide bonds. The number of nitrogens with one attached hydrogen (secondary N) is 1. The van der Waals surface area contributed by atoms with Crippen LogP contribution in [-0.2, 0) is 0 Å². The summed E-state index contributed by atoms with van der Waals surface area (Å²) in [6.07, 6.45) is 3.50. The van der Waals surface area contributed by atoms with Gasteiger partial charge in [0.2, 0.25) is 0 Å². The molecule has 3 heterocycles. The first kappa shape index (κ1) is 14.1. The van der Waals surface area contributed by atoms with Gasteiger partial charge in [-0.1, -0.05) is 11.2 Å². The fourth-order valence-corrected chi connectivity index (χ4v) is 2.33. The highest BCUT2D eigenvalue weighted by molar-refractivity contribution is 5.82. The van der Waals surface area contributed by atoms with Crippen LogP contribution in [0.2, 0.25) is 0 Å². The average Bonchev–Trinajstić information content (AvgIpc) is 3.04. The van der Waals surface area contributed by atoms with E-state index in [1.165, 1.54) is 0 Å². The number of hydrogen-bond acceptors (Lipinski definition) is 5. The Labute approximate surface area is 128 Å². The van der Waals surface area contributed by atoms with Crippen molar-refractivity contribution in [2.75, 3.05) is 5.43 Å². The van der Waals surface area contributed by atoms with Crippen LogP contribution < -0.4 is 5.43 Å². The van der Waals surface area contributed by atoms with Gasteiger partial charge in [0.1, 0.15) is 11.6 Å². The lowest BCUT2D eigenvalue weighted by atomic mass is 10.3. The van der Waals surface area contributed by atoms with Crippen molar-refractivity contribution < 1.29 is 4.52 Å². The second kappa shape index (κ2) is 5.85. The van der Waals surface area contributed by atoms with E-state index in [1.54, 1.807) is 12.4 Å². The Hall–Kier alpha value is -2.89. The molecule has 6 heteroatoms. The van der Waals surface area contributed by atoms with Gasteiger partial charge in [-0.2, -0.15) is 5.10 Å². The molecule has 0 spiro atoms. The number of pyridine rings is 1. The highest BCUT2D eigenvalue weighted by Crippen LogP contribution is 2.19. The predicted molar refractivity (Wildman–Crippen MR) is 85.5 cm³/mol. The molecular weight excluding hydrogens is 278 g/mol. The molecule has 0 aliphatic heterocycles. The van der Waals surface area contributed by atoms with E-state index in [9.17, 15) is 0 Å². The largest absolute Gasteiger partial charge is 0.360 e. The van der Waals surface area contributed by atoms with E-state index in [2.05, 4.69) is 26.7 Å². The zero-order valence-corrected chi connectivity index (χ0v) is 12.7. The summed E-state index contributed by atoms with van der Waals surface area (Å²) in [7, 11) is 0. The van der Waals surface area contributed by atoms with E-state index >= 15 is 0 Å². The topological polar surface area (TPSA) is 68.2 Å². The molecule has 1 N–H and O–H groups in total. The zero-order chi connectivity index (χ0) is 15.5. The molecule has 0 aliphatic carbocycles. The third-order valence-corrected chi connectivity index (χ3v) is 3.36. The first-order valence-corrected chi connectivity index (χ1v) is 6.98. The van der Waals surface area contributed by atoms with Crippen molar-refractivity contribution in [2.24, 2.45) is 5.10 Å². The van der Waals surface area contributed by atoms with Gasteiger partial charge >= 0.3 is 0 Å². The summed E-state index contributed by atoms with van der Waals surface area (Å²) in [5.74, 6) is 2.28. The monoisotopic (exact) mass is 295 g/mol. The Bertz CT molecular complexity index is 801. The summed E-state index contributed by atoms with van der Waals surface area (Å²) in [5.41, 5.74) is 6.05. The maximum absolute atomic E-state index is 5.15. The van der Waals surface area contributed by atoms with Crippen LogP contribution in [0.5, 0.6) is 0 Å². The Morgan fingerprint density at radius 3 is 2.77 bits per heavy atom. The van der Waals surface area contributed by atoms with Crippen molar-refractivity contribution in [3.8, 4) is 5.82 Å². The van der Waals surface area contributed by atoms with Gasteiger partial charge < -0.3 is 4.52 Å². The number of aromatic nitrogens is 3. The normalized spacial score (nSPS) is 11.2. The van der Waals surface area contributed by atoms with Crippen molar-refractivity contribution in [1.82, 2.24) is 14.7 Å². The number of anilines is 1. The fourth-order valence-electron chi connectivity index (χ4n) is 2.33.